The fraction of sp³-hybridized carbons (Fsp3) is 0.462. The fourth-order valence-corrected chi connectivity index (χ4v) is 1.43. The Hall–Kier alpha value is -1.75. The molecule has 5 heteroatoms. The van der Waals surface area contributed by atoms with Crippen molar-refractivity contribution in [2.24, 2.45) is 0 Å². The summed E-state index contributed by atoms with van der Waals surface area (Å²) in [6, 6.07) is 5.35. The lowest BCUT2D eigenvalue weighted by Crippen LogP contribution is -2.37. The van der Waals surface area contributed by atoms with Crippen molar-refractivity contribution >= 4 is 5.91 Å². The summed E-state index contributed by atoms with van der Waals surface area (Å²) in [6.45, 7) is 2.54. The van der Waals surface area contributed by atoms with Crippen LogP contribution in [-0.4, -0.2) is 39.8 Å². The van der Waals surface area contributed by atoms with Crippen molar-refractivity contribution in [1.29, 1.82) is 0 Å². The van der Waals surface area contributed by atoms with E-state index < -0.39 is 0 Å². The lowest BCUT2D eigenvalue weighted by atomic mass is 10.1. The maximum atomic E-state index is 12.0. The Bertz CT molecular complexity index is 407. The number of methoxy groups -OCH3 is 2. The third kappa shape index (κ3) is 3.63. The average molecular weight is 252 g/mol. The van der Waals surface area contributed by atoms with Crippen LogP contribution in [0.25, 0.3) is 0 Å². The van der Waals surface area contributed by atoms with Gasteiger partial charge in [0.15, 0.2) is 0 Å². The van der Waals surface area contributed by atoms with E-state index in [0.29, 0.717) is 23.6 Å². The van der Waals surface area contributed by atoms with Crippen LogP contribution in [0.5, 0.6) is 11.5 Å². The fourth-order valence-electron chi connectivity index (χ4n) is 1.43. The molecule has 0 saturated heterocycles. The number of hydrogen-bond donors (Lipinski definition) is 2. The van der Waals surface area contributed by atoms with E-state index in [9.17, 15) is 4.79 Å². The van der Waals surface area contributed by atoms with Gasteiger partial charge in [-0.25, -0.2) is 0 Å². The summed E-state index contributed by atoms with van der Waals surface area (Å²) in [4.78, 5) is 12.0. The van der Waals surface area contributed by atoms with E-state index in [0.717, 1.165) is 0 Å². The highest BCUT2D eigenvalue weighted by Gasteiger charge is 2.13. The Kier molecular flexibility index (Phi) is 5.45. The number of hydrogen-bond acceptors (Lipinski definition) is 4. The molecule has 1 aromatic rings. The molecule has 0 aliphatic carbocycles. The van der Waals surface area contributed by atoms with Crippen LogP contribution in [-0.2, 0) is 0 Å². The Morgan fingerprint density at radius 2 is 2.06 bits per heavy atom. The second-order valence-electron chi connectivity index (χ2n) is 3.97. The Morgan fingerprint density at radius 3 is 2.61 bits per heavy atom. The molecular weight excluding hydrogens is 232 g/mol. The largest absolute Gasteiger partial charge is 0.497 e. The highest BCUT2D eigenvalue weighted by Crippen LogP contribution is 2.23. The minimum absolute atomic E-state index is 0.173. The summed E-state index contributed by atoms with van der Waals surface area (Å²) < 4.78 is 10.3. The molecule has 0 saturated carbocycles. The van der Waals surface area contributed by atoms with Gasteiger partial charge in [-0.05, 0) is 32.2 Å². The summed E-state index contributed by atoms with van der Waals surface area (Å²) in [5, 5.41) is 5.89. The normalized spacial score (nSPS) is 11.8. The third-order valence-electron chi connectivity index (χ3n) is 2.71. The van der Waals surface area contributed by atoms with Crippen molar-refractivity contribution in [3.8, 4) is 11.5 Å². The van der Waals surface area contributed by atoms with Crippen LogP contribution in [0, 0.1) is 0 Å². The SMILES string of the molecule is CNC(C)CNC(=O)c1cc(OC)ccc1OC. The molecule has 1 rings (SSSR count). The minimum atomic E-state index is -0.173. The van der Waals surface area contributed by atoms with Crippen molar-refractivity contribution in [1.82, 2.24) is 10.6 Å². The number of rotatable bonds is 6. The van der Waals surface area contributed by atoms with Crippen molar-refractivity contribution in [3.05, 3.63) is 23.8 Å². The van der Waals surface area contributed by atoms with Crippen LogP contribution in [0.4, 0.5) is 0 Å². The second-order valence-corrected chi connectivity index (χ2v) is 3.97. The topological polar surface area (TPSA) is 59.6 Å². The quantitative estimate of drug-likeness (QED) is 0.794. The van der Waals surface area contributed by atoms with Crippen LogP contribution >= 0.6 is 0 Å². The van der Waals surface area contributed by atoms with Gasteiger partial charge in [-0.15, -0.1) is 0 Å². The van der Waals surface area contributed by atoms with Gasteiger partial charge in [0, 0.05) is 12.6 Å². The molecular formula is C13H20N2O3. The van der Waals surface area contributed by atoms with E-state index in [1.54, 1.807) is 25.3 Å². The van der Waals surface area contributed by atoms with Crippen LogP contribution in [0.15, 0.2) is 18.2 Å². The molecule has 0 radical (unpaired) electrons. The second kappa shape index (κ2) is 6.86. The zero-order valence-corrected chi connectivity index (χ0v) is 11.2. The lowest BCUT2D eigenvalue weighted by molar-refractivity contribution is 0.0947. The summed E-state index contributed by atoms with van der Waals surface area (Å²) in [5.41, 5.74) is 0.472. The summed E-state index contributed by atoms with van der Waals surface area (Å²) in [7, 11) is 4.95. The van der Waals surface area contributed by atoms with Gasteiger partial charge in [0.1, 0.15) is 11.5 Å². The van der Waals surface area contributed by atoms with E-state index >= 15 is 0 Å². The van der Waals surface area contributed by atoms with E-state index in [-0.39, 0.29) is 11.9 Å². The van der Waals surface area contributed by atoms with E-state index in [1.165, 1.54) is 7.11 Å². The van der Waals surface area contributed by atoms with Crippen molar-refractivity contribution in [2.45, 2.75) is 13.0 Å². The van der Waals surface area contributed by atoms with Crippen LogP contribution in [0.3, 0.4) is 0 Å². The van der Waals surface area contributed by atoms with Gasteiger partial charge in [0.2, 0.25) is 0 Å². The third-order valence-corrected chi connectivity index (χ3v) is 2.71. The van der Waals surface area contributed by atoms with Gasteiger partial charge in [0.05, 0.1) is 19.8 Å². The molecule has 0 heterocycles. The molecule has 5 nitrogen and oxygen atoms in total. The van der Waals surface area contributed by atoms with Gasteiger partial charge in [-0.3, -0.25) is 4.79 Å². The molecule has 18 heavy (non-hydrogen) atoms. The van der Waals surface area contributed by atoms with Crippen LogP contribution in [0.1, 0.15) is 17.3 Å². The van der Waals surface area contributed by atoms with Crippen molar-refractivity contribution < 1.29 is 14.3 Å². The number of amides is 1. The molecule has 100 valence electrons. The lowest BCUT2D eigenvalue weighted by Gasteiger charge is -2.13. The van der Waals surface area contributed by atoms with E-state index in [2.05, 4.69) is 10.6 Å². The van der Waals surface area contributed by atoms with Crippen molar-refractivity contribution in [2.75, 3.05) is 27.8 Å². The number of likely N-dealkylation sites (N-methyl/N-ethyl adjacent to an activating group) is 1. The average Bonchev–Trinajstić information content (AvgIpc) is 2.43. The zero-order valence-electron chi connectivity index (χ0n) is 11.2. The molecule has 1 atom stereocenters. The highest BCUT2D eigenvalue weighted by molar-refractivity contribution is 5.97. The molecule has 2 N–H and O–H groups in total. The highest BCUT2D eigenvalue weighted by atomic mass is 16.5. The predicted octanol–water partition coefficient (Wildman–Crippen LogP) is 1.04. The molecule has 1 aromatic carbocycles. The van der Waals surface area contributed by atoms with E-state index in [4.69, 9.17) is 9.47 Å². The maximum absolute atomic E-state index is 12.0. The Balaban J connectivity index is 2.82. The van der Waals surface area contributed by atoms with Gasteiger partial charge in [-0.2, -0.15) is 0 Å². The van der Waals surface area contributed by atoms with Crippen LogP contribution < -0.4 is 20.1 Å². The molecule has 1 amide bonds. The molecule has 0 fully saturated rings. The Labute approximate surface area is 107 Å². The first-order valence-electron chi connectivity index (χ1n) is 5.79. The molecule has 0 spiro atoms. The summed E-state index contributed by atoms with van der Waals surface area (Å²) in [5.74, 6) is 0.987. The van der Waals surface area contributed by atoms with Crippen molar-refractivity contribution in [3.63, 3.8) is 0 Å². The maximum Gasteiger partial charge on any atom is 0.255 e. The summed E-state index contributed by atoms with van der Waals surface area (Å²) in [6.07, 6.45) is 0. The molecule has 0 aromatic heterocycles. The number of carbonyl (C=O) groups is 1. The van der Waals surface area contributed by atoms with Gasteiger partial charge in [0.25, 0.3) is 5.91 Å². The summed E-state index contributed by atoms with van der Waals surface area (Å²) >= 11 is 0. The van der Waals surface area contributed by atoms with Crippen LogP contribution in [0.2, 0.25) is 0 Å². The number of carbonyl (C=O) groups excluding carboxylic acids is 1. The minimum Gasteiger partial charge on any atom is -0.497 e. The number of benzene rings is 1. The number of nitrogens with one attached hydrogen (secondary N) is 2. The standard InChI is InChI=1S/C13H20N2O3/c1-9(14-2)8-15-13(16)11-7-10(17-3)5-6-12(11)18-4/h5-7,9,14H,8H2,1-4H3,(H,15,16). The number of ether oxygens (including phenoxy) is 2. The first-order valence-corrected chi connectivity index (χ1v) is 5.79. The predicted molar refractivity (Wildman–Crippen MR) is 70.4 cm³/mol. The Morgan fingerprint density at radius 1 is 1.33 bits per heavy atom. The first kappa shape index (κ1) is 14.3. The smallest absolute Gasteiger partial charge is 0.255 e. The van der Waals surface area contributed by atoms with Gasteiger partial charge >= 0.3 is 0 Å². The molecule has 0 aliphatic rings. The molecule has 0 bridgehead atoms. The van der Waals surface area contributed by atoms with Gasteiger partial charge < -0.3 is 20.1 Å². The molecule has 0 aliphatic heterocycles. The molecule has 1 unspecified atom stereocenters. The van der Waals surface area contributed by atoms with Gasteiger partial charge in [-0.1, -0.05) is 0 Å². The zero-order chi connectivity index (χ0) is 13.5. The first-order chi connectivity index (χ1) is 8.62. The van der Waals surface area contributed by atoms with E-state index in [1.807, 2.05) is 14.0 Å². The monoisotopic (exact) mass is 252 g/mol.